The van der Waals surface area contributed by atoms with Gasteiger partial charge in [0.2, 0.25) is 5.91 Å². The molecule has 1 amide bonds. The van der Waals surface area contributed by atoms with E-state index in [0.29, 0.717) is 13.1 Å². The molecule has 1 aromatic carbocycles. The zero-order chi connectivity index (χ0) is 18.4. The second kappa shape index (κ2) is 8.33. The van der Waals surface area contributed by atoms with E-state index in [2.05, 4.69) is 11.0 Å². The number of hydrazine groups is 2. The van der Waals surface area contributed by atoms with Gasteiger partial charge in [0.05, 0.1) is 17.2 Å². The van der Waals surface area contributed by atoms with Gasteiger partial charge in [0.15, 0.2) is 5.02 Å². The van der Waals surface area contributed by atoms with Crippen LogP contribution in [0.1, 0.15) is 10.4 Å². The number of hydrogen-bond donors (Lipinski definition) is 4. The lowest BCUT2D eigenvalue weighted by atomic mass is 10.2. The second-order valence-electron chi connectivity index (χ2n) is 4.96. The van der Waals surface area contributed by atoms with Crippen molar-refractivity contribution in [2.75, 3.05) is 19.7 Å². The number of nitrogens with zero attached hydrogens (tertiary/aromatic N) is 2. The number of rotatable bonds is 8. The molecule has 0 aromatic heterocycles. The van der Waals surface area contributed by atoms with Crippen LogP contribution in [0.2, 0.25) is 5.02 Å². The quantitative estimate of drug-likeness (QED) is 0.293. The number of nitro groups is 1. The number of nitro benzene ring substituents is 1. The lowest BCUT2D eigenvalue weighted by Gasteiger charge is -2.12. The van der Waals surface area contributed by atoms with Gasteiger partial charge in [0, 0.05) is 24.4 Å². The number of amides is 1. The van der Waals surface area contributed by atoms with Crippen molar-refractivity contribution >= 4 is 23.2 Å². The van der Waals surface area contributed by atoms with Crippen molar-refractivity contribution in [3.05, 3.63) is 56.9 Å². The summed E-state index contributed by atoms with van der Waals surface area (Å²) in [5.74, 6) is -0.796. The van der Waals surface area contributed by atoms with Crippen molar-refractivity contribution in [3.63, 3.8) is 0 Å². The lowest BCUT2D eigenvalue weighted by molar-refractivity contribution is -0.384. The molecule has 1 heterocycles. The molecule has 0 fully saturated rings. The zero-order valence-electron chi connectivity index (χ0n) is 13.1. The van der Waals surface area contributed by atoms with Crippen LogP contribution in [0.5, 0.6) is 5.75 Å². The van der Waals surface area contributed by atoms with Gasteiger partial charge in [-0.15, -0.1) is 5.53 Å². The van der Waals surface area contributed by atoms with Gasteiger partial charge in [0.1, 0.15) is 12.4 Å². The highest BCUT2D eigenvalue weighted by molar-refractivity contribution is 6.34. The molecule has 0 aliphatic carbocycles. The van der Waals surface area contributed by atoms with Crippen LogP contribution in [0, 0.1) is 10.1 Å². The highest BCUT2D eigenvalue weighted by Gasteiger charge is 2.20. The van der Waals surface area contributed by atoms with Gasteiger partial charge in [-0.1, -0.05) is 17.7 Å². The maximum absolute atomic E-state index is 11.3. The van der Waals surface area contributed by atoms with Crippen LogP contribution >= 0.6 is 11.6 Å². The fourth-order valence-corrected chi connectivity index (χ4v) is 2.19. The highest BCUT2D eigenvalue weighted by atomic mass is 35.5. The molecule has 0 bridgehead atoms. The highest BCUT2D eigenvalue weighted by Crippen LogP contribution is 2.35. The summed E-state index contributed by atoms with van der Waals surface area (Å²) in [7, 11) is 0. The largest absolute Gasteiger partial charge is 0.488 e. The Morgan fingerprint density at radius 1 is 1.44 bits per heavy atom. The van der Waals surface area contributed by atoms with E-state index in [1.807, 2.05) is 12.3 Å². The molecule has 1 aliphatic heterocycles. The third kappa shape index (κ3) is 4.83. The third-order valence-electron chi connectivity index (χ3n) is 3.20. The van der Waals surface area contributed by atoms with Gasteiger partial charge >= 0.3 is 0 Å². The summed E-state index contributed by atoms with van der Waals surface area (Å²) >= 11 is 5.94. The third-order valence-corrected chi connectivity index (χ3v) is 3.58. The summed E-state index contributed by atoms with van der Waals surface area (Å²) in [4.78, 5) is 21.6. The van der Waals surface area contributed by atoms with Gasteiger partial charge in [-0.25, -0.2) is 0 Å². The number of primary amides is 1. The Morgan fingerprint density at radius 2 is 2.20 bits per heavy atom. The Morgan fingerprint density at radius 3 is 2.80 bits per heavy atom. The summed E-state index contributed by atoms with van der Waals surface area (Å²) < 4.78 is 5.40. The van der Waals surface area contributed by atoms with E-state index in [1.165, 1.54) is 6.07 Å². The first kappa shape index (κ1) is 18.5. The van der Waals surface area contributed by atoms with Crippen molar-refractivity contribution in [2.45, 2.75) is 0 Å². The van der Waals surface area contributed by atoms with E-state index in [-0.39, 0.29) is 22.9 Å². The summed E-state index contributed by atoms with van der Waals surface area (Å²) in [6.07, 6.45) is 5.34. The standard InChI is InChI=1S/C14H17ClN6O4/c15-13-11(21(23)24)5-9(14(17)22)6-12(13)25-4-2-1-3-20-8-10(7-16)18-19-20/h1-2,5-6,8,18-19H,3-4,7,16H2,(H2,17,22)/b2-1+. The van der Waals surface area contributed by atoms with Gasteiger partial charge in [-0.2, -0.15) is 0 Å². The van der Waals surface area contributed by atoms with E-state index in [0.717, 1.165) is 11.8 Å². The van der Waals surface area contributed by atoms with Crippen molar-refractivity contribution in [1.29, 1.82) is 0 Å². The predicted molar refractivity (Wildman–Crippen MR) is 91.4 cm³/mol. The summed E-state index contributed by atoms with van der Waals surface area (Å²) in [6.45, 7) is 1.03. The molecule has 134 valence electrons. The van der Waals surface area contributed by atoms with E-state index >= 15 is 0 Å². The molecule has 10 nitrogen and oxygen atoms in total. The summed E-state index contributed by atoms with van der Waals surface area (Å²) in [6, 6.07) is 2.29. The second-order valence-corrected chi connectivity index (χ2v) is 5.34. The number of ether oxygens (including phenoxy) is 1. The molecule has 0 radical (unpaired) electrons. The minimum atomic E-state index is -0.810. The molecule has 6 N–H and O–H groups in total. The minimum absolute atomic E-state index is 0.0144. The van der Waals surface area contributed by atoms with E-state index < -0.39 is 16.5 Å². The van der Waals surface area contributed by atoms with Gasteiger partial charge < -0.3 is 21.6 Å². The van der Waals surface area contributed by atoms with Crippen LogP contribution in [0.3, 0.4) is 0 Å². The molecule has 2 rings (SSSR count). The van der Waals surface area contributed by atoms with Crippen LogP contribution < -0.4 is 27.2 Å². The maximum Gasteiger partial charge on any atom is 0.292 e. The Labute approximate surface area is 148 Å². The van der Waals surface area contributed by atoms with Crippen LogP contribution in [0.15, 0.2) is 36.2 Å². The van der Waals surface area contributed by atoms with Crippen molar-refractivity contribution in [2.24, 2.45) is 11.5 Å². The first-order chi connectivity index (χ1) is 11.9. The topological polar surface area (TPSA) is 149 Å². The number of nitrogens with two attached hydrogens (primary N) is 2. The average Bonchev–Trinajstić information content (AvgIpc) is 3.03. The molecular weight excluding hydrogens is 352 g/mol. The molecule has 0 saturated heterocycles. The molecule has 0 unspecified atom stereocenters. The average molecular weight is 369 g/mol. The maximum atomic E-state index is 11.3. The Balaban J connectivity index is 1.98. The van der Waals surface area contributed by atoms with E-state index in [1.54, 1.807) is 11.1 Å². The Kier molecular flexibility index (Phi) is 6.17. The molecular formula is C14H17ClN6O4. The molecule has 25 heavy (non-hydrogen) atoms. The van der Waals surface area contributed by atoms with Crippen molar-refractivity contribution in [1.82, 2.24) is 16.0 Å². The number of hydrogen-bond acceptors (Lipinski definition) is 8. The number of carbonyl (C=O) groups excluding carboxylic acids is 1. The number of nitrogens with one attached hydrogen (secondary N) is 2. The molecule has 0 saturated carbocycles. The van der Waals surface area contributed by atoms with Gasteiger partial charge in [-0.05, 0) is 12.1 Å². The van der Waals surface area contributed by atoms with Crippen LogP contribution in [0.4, 0.5) is 5.69 Å². The van der Waals surface area contributed by atoms with Crippen molar-refractivity contribution in [3.8, 4) is 5.75 Å². The monoisotopic (exact) mass is 368 g/mol. The lowest BCUT2D eigenvalue weighted by Crippen LogP contribution is -2.37. The van der Waals surface area contributed by atoms with Crippen LogP contribution in [0.25, 0.3) is 0 Å². The summed E-state index contributed by atoms with van der Waals surface area (Å²) in [5.41, 5.74) is 16.8. The van der Waals surface area contributed by atoms with Crippen LogP contribution in [-0.4, -0.2) is 35.5 Å². The van der Waals surface area contributed by atoms with E-state index in [9.17, 15) is 14.9 Å². The molecule has 0 atom stereocenters. The zero-order valence-corrected chi connectivity index (χ0v) is 13.8. The SMILES string of the molecule is NCC1=CN(C/C=C/COc2cc(C(N)=O)cc([N+](=O)[O-])c2Cl)NN1. The molecule has 1 aliphatic rings. The fraction of sp³-hybridized carbons (Fsp3) is 0.214. The van der Waals surface area contributed by atoms with E-state index in [4.69, 9.17) is 27.8 Å². The fourth-order valence-electron chi connectivity index (χ4n) is 1.96. The normalized spacial score (nSPS) is 13.7. The first-order valence-corrected chi connectivity index (χ1v) is 7.54. The molecule has 0 spiro atoms. The van der Waals surface area contributed by atoms with Gasteiger partial charge in [-0.3, -0.25) is 19.9 Å². The Bertz CT molecular complexity index is 736. The first-order valence-electron chi connectivity index (χ1n) is 7.17. The smallest absolute Gasteiger partial charge is 0.292 e. The van der Waals surface area contributed by atoms with Crippen LogP contribution in [-0.2, 0) is 0 Å². The minimum Gasteiger partial charge on any atom is -0.488 e. The molecule has 11 heteroatoms. The Hall–Kier alpha value is -2.82. The predicted octanol–water partition coefficient (Wildman–Crippen LogP) is 0.407. The van der Waals surface area contributed by atoms with Gasteiger partial charge in [0.25, 0.3) is 5.69 Å². The van der Waals surface area contributed by atoms with Crippen molar-refractivity contribution < 1.29 is 14.5 Å². The summed E-state index contributed by atoms with van der Waals surface area (Å²) in [5, 5.41) is 12.6. The number of halogens is 1. The number of benzene rings is 1. The molecule has 1 aromatic rings. The number of carbonyl (C=O) groups is 1.